The molecule has 2 N–H and O–H groups in total. The highest BCUT2D eigenvalue weighted by Crippen LogP contribution is 2.26. The van der Waals surface area contributed by atoms with Gasteiger partial charge in [0, 0.05) is 6.07 Å². The van der Waals surface area contributed by atoms with E-state index in [1.165, 1.54) is 14.2 Å². The second kappa shape index (κ2) is 8.77. The summed E-state index contributed by atoms with van der Waals surface area (Å²) in [7, 11) is -0.712. The lowest BCUT2D eigenvalue weighted by Gasteiger charge is -2.16. The summed E-state index contributed by atoms with van der Waals surface area (Å²) >= 11 is 0. The van der Waals surface area contributed by atoms with Crippen molar-refractivity contribution in [2.45, 2.75) is 13.8 Å². The molecule has 1 unspecified atom stereocenters. The van der Waals surface area contributed by atoms with Crippen LogP contribution in [0.3, 0.4) is 0 Å². The van der Waals surface area contributed by atoms with Crippen LogP contribution in [0.4, 0.5) is 11.4 Å². The summed E-state index contributed by atoms with van der Waals surface area (Å²) in [6, 6.07) is 12.0. The summed E-state index contributed by atoms with van der Waals surface area (Å²) < 4.78 is 37.5. The van der Waals surface area contributed by atoms with Gasteiger partial charge in [-0.25, -0.2) is 8.42 Å². The predicted octanol–water partition coefficient (Wildman–Crippen LogP) is 3.03. The zero-order chi connectivity index (χ0) is 20.0. The number of hydrogen-bond donors (Lipinski definition) is 2. The van der Waals surface area contributed by atoms with E-state index >= 15 is 0 Å². The Morgan fingerprint density at radius 3 is 2.52 bits per heavy atom. The summed E-state index contributed by atoms with van der Waals surface area (Å²) in [6.45, 7) is 3.45. The molecule has 0 heterocycles. The molecule has 1 amide bonds. The van der Waals surface area contributed by atoms with Crippen molar-refractivity contribution in [3.63, 3.8) is 0 Å². The lowest BCUT2D eigenvalue weighted by Crippen LogP contribution is -2.30. The quantitative estimate of drug-likeness (QED) is 0.720. The third-order valence-electron chi connectivity index (χ3n) is 3.87. The number of aryl methyl sites for hydroxylation is 1. The molecule has 0 aliphatic carbocycles. The van der Waals surface area contributed by atoms with Gasteiger partial charge in [-0.05, 0) is 36.8 Å². The van der Waals surface area contributed by atoms with Crippen molar-refractivity contribution < 1.29 is 22.7 Å². The van der Waals surface area contributed by atoms with E-state index in [0.717, 1.165) is 5.56 Å². The van der Waals surface area contributed by atoms with Gasteiger partial charge >= 0.3 is 0 Å². The zero-order valence-corrected chi connectivity index (χ0v) is 16.6. The summed E-state index contributed by atoms with van der Waals surface area (Å²) in [5, 5.41) is 2.73. The molecule has 0 aromatic heterocycles. The fourth-order valence-electron chi connectivity index (χ4n) is 2.49. The Labute approximate surface area is 159 Å². The minimum Gasteiger partial charge on any atom is -0.497 e. The van der Waals surface area contributed by atoms with Gasteiger partial charge in [0.05, 0.1) is 37.3 Å². The van der Waals surface area contributed by atoms with Crippen molar-refractivity contribution >= 4 is 27.3 Å². The number of amides is 1. The van der Waals surface area contributed by atoms with E-state index in [-0.39, 0.29) is 5.75 Å². The van der Waals surface area contributed by atoms with Crippen molar-refractivity contribution in [1.29, 1.82) is 0 Å². The van der Waals surface area contributed by atoms with E-state index in [2.05, 4.69) is 10.0 Å². The number of carbonyl (C=O) groups is 1. The molecule has 0 fully saturated rings. The molecule has 0 aliphatic rings. The molecule has 0 bridgehead atoms. The molecule has 0 spiro atoms. The average Bonchev–Trinajstić information content (AvgIpc) is 2.61. The monoisotopic (exact) mass is 392 g/mol. The minimum absolute atomic E-state index is 0.357. The van der Waals surface area contributed by atoms with Crippen LogP contribution in [0.15, 0.2) is 42.5 Å². The number of rotatable bonds is 8. The van der Waals surface area contributed by atoms with Gasteiger partial charge < -0.3 is 14.8 Å². The predicted molar refractivity (Wildman–Crippen MR) is 106 cm³/mol. The van der Waals surface area contributed by atoms with Crippen LogP contribution >= 0.6 is 0 Å². The molecule has 0 saturated heterocycles. The van der Waals surface area contributed by atoms with Crippen LogP contribution in [0.5, 0.6) is 11.5 Å². The fraction of sp³-hybridized carbons (Fsp3) is 0.316. The molecule has 2 aromatic carbocycles. The number of sulfonamides is 1. The second-order valence-electron chi connectivity index (χ2n) is 6.21. The van der Waals surface area contributed by atoms with Crippen molar-refractivity contribution in [3.05, 3.63) is 48.0 Å². The van der Waals surface area contributed by atoms with Crippen LogP contribution < -0.4 is 19.5 Å². The average molecular weight is 392 g/mol. The molecule has 2 rings (SSSR count). The molecule has 7 nitrogen and oxygen atoms in total. The first-order valence-corrected chi connectivity index (χ1v) is 9.99. The van der Waals surface area contributed by atoms with Crippen LogP contribution in [0, 0.1) is 12.8 Å². The van der Waals surface area contributed by atoms with Crippen molar-refractivity contribution in [3.8, 4) is 11.5 Å². The van der Waals surface area contributed by atoms with E-state index < -0.39 is 21.8 Å². The first-order valence-electron chi connectivity index (χ1n) is 8.34. The summed E-state index contributed by atoms with van der Waals surface area (Å²) in [4.78, 5) is 12.4. The number of anilines is 2. The van der Waals surface area contributed by atoms with E-state index in [0.29, 0.717) is 22.9 Å². The van der Waals surface area contributed by atoms with Gasteiger partial charge in [0.2, 0.25) is 15.9 Å². The number of benzene rings is 2. The molecular formula is C19H24N2O5S. The maximum absolute atomic E-state index is 12.4. The highest BCUT2D eigenvalue weighted by molar-refractivity contribution is 7.92. The molecule has 27 heavy (non-hydrogen) atoms. The van der Waals surface area contributed by atoms with Gasteiger partial charge in [-0.3, -0.25) is 9.52 Å². The molecule has 146 valence electrons. The van der Waals surface area contributed by atoms with Crippen LogP contribution in [0.2, 0.25) is 0 Å². The van der Waals surface area contributed by atoms with Crippen molar-refractivity contribution in [2.75, 3.05) is 30.0 Å². The van der Waals surface area contributed by atoms with E-state index in [1.54, 1.807) is 43.3 Å². The number of methoxy groups -OCH3 is 2. The fourth-order valence-corrected chi connectivity index (χ4v) is 3.87. The van der Waals surface area contributed by atoms with Crippen molar-refractivity contribution in [1.82, 2.24) is 0 Å². The Bertz CT molecular complexity index is 912. The lowest BCUT2D eigenvalue weighted by atomic mass is 10.1. The van der Waals surface area contributed by atoms with Gasteiger partial charge in [0.15, 0.2) is 0 Å². The maximum atomic E-state index is 12.4. The minimum atomic E-state index is -3.72. The molecule has 0 saturated carbocycles. The zero-order valence-electron chi connectivity index (χ0n) is 15.8. The molecule has 8 heteroatoms. The number of carbonyl (C=O) groups excluding carboxylic acids is 1. The van der Waals surface area contributed by atoms with Crippen LogP contribution in [0.1, 0.15) is 12.5 Å². The third-order valence-corrected chi connectivity index (χ3v) is 5.36. The third kappa shape index (κ3) is 5.89. The largest absolute Gasteiger partial charge is 0.497 e. The Kier molecular flexibility index (Phi) is 6.68. The number of hydrogen-bond acceptors (Lipinski definition) is 5. The first-order chi connectivity index (χ1) is 12.7. The molecule has 0 aliphatic heterocycles. The molecule has 0 radical (unpaired) electrons. The SMILES string of the molecule is COc1cccc(NS(=O)(=O)CC(C)C(=O)Nc2cc(C)ccc2OC)c1. The Balaban J connectivity index is 2.05. The highest BCUT2D eigenvalue weighted by atomic mass is 32.2. The number of nitrogens with one attached hydrogen (secondary N) is 2. The first kappa shape index (κ1) is 20.6. The van der Waals surface area contributed by atoms with Crippen molar-refractivity contribution in [2.24, 2.45) is 5.92 Å². The smallest absolute Gasteiger partial charge is 0.233 e. The topological polar surface area (TPSA) is 93.7 Å². The van der Waals surface area contributed by atoms with Gasteiger partial charge in [0.25, 0.3) is 0 Å². The second-order valence-corrected chi connectivity index (χ2v) is 7.98. The van der Waals surface area contributed by atoms with Gasteiger partial charge in [-0.1, -0.05) is 19.1 Å². The lowest BCUT2D eigenvalue weighted by molar-refractivity contribution is -0.118. The molecule has 1 atom stereocenters. The normalized spacial score (nSPS) is 12.1. The maximum Gasteiger partial charge on any atom is 0.233 e. The summed E-state index contributed by atoms with van der Waals surface area (Å²) in [6.07, 6.45) is 0. The Hall–Kier alpha value is -2.74. The van der Waals surface area contributed by atoms with Crippen LogP contribution in [0.25, 0.3) is 0 Å². The Morgan fingerprint density at radius 1 is 1.11 bits per heavy atom. The standard InChI is InChI=1S/C19H24N2O5S/c1-13-8-9-18(26-4)17(10-13)20-19(22)14(2)12-27(23,24)21-15-6-5-7-16(11-15)25-3/h5-11,14,21H,12H2,1-4H3,(H,20,22). The van der Waals surface area contributed by atoms with Crippen LogP contribution in [-0.4, -0.2) is 34.3 Å². The summed E-state index contributed by atoms with van der Waals surface area (Å²) in [5.74, 6) is -0.483. The summed E-state index contributed by atoms with van der Waals surface area (Å²) in [5.41, 5.74) is 1.83. The Morgan fingerprint density at radius 2 is 1.85 bits per heavy atom. The van der Waals surface area contributed by atoms with Gasteiger partial charge in [0.1, 0.15) is 11.5 Å². The van der Waals surface area contributed by atoms with Gasteiger partial charge in [-0.15, -0.1) is 0 Å². The number of ether oxygens (including phenoxy) is 2. The molecular weight excluding hydrogens is 368 g/mol. The van der Waals surface area contributed by atoms with E-state index in [9.17, 15) is 13.2 Å². The molecule has 2 aromatic rings. The van der Waals surface area contributed by atoms with Crippen LogP contribution in [-0.2, 0) is 14.8 Å². The highest BCUT2D eigenvalue weighted by Gasteiger charge is 2.22. The van der Waals surface area contributed by atoms with E-state index in [1.807, 2.05) is 13.0 Å². The van der Waals surface area contributed by atoms with Gasteiger partial charge in [-0.2, -0.15) is 0 Å². The van der Waals surface area contributed by atoms with E-state index in [4.69, 9.17) is 9.47 Å².